The van der Waals surface area contributed by atoms with E-state index in [-0.39, 0.29) is 24.9 Å². The molecule has 1 amide bonds. The molecule has 4 nitrogen and oxygen atoms in total. The summed E-state index contributed by atoms with van der Waals surface area (Å²) in [6.45, 7) is 2.45. The minimum atomic E-state index is -0.126. The lowest BCUT2D eigenvalue weighted by atomic mass is 10.1. The molecule has 110 valence electrons. The zero-order valence-corrected chi connectivity index (χ0v) is 12.6. The van der Waals surface area contributed by atoms with Crippen LogP contribution in [0.1, 0.15) is 6.42 Å². The minimum Gasteiger partial charge on any atom is -0.484 e. The van der Waals surface area contributed by atoms with Crippen molar-refractivity contribution in [1.29, 1.82) is 0 Å². The standard InChI is InChI=1S/C14H17ClN2O2.ClH/c15-12-2-1-3-13(8-12)19-10-14(18)17-9-11-4-6-16-7-5-11;/h1-4,8,16H,5-7,9-10H2,(H,17,18);1H. The van der Waals surface area contributed by atoms with Gasteiger partial charge in [0.2, 0.25) is 0 Å². The van der Waals surface area contributed by atoms with Crippen molar-refractivity contribution >= 4 is 29.9 Å². The zero-order valence-electron chi connectivity index (χ0n) is 11.0. The number of amides is 1. The van der Waals surface area contributed by atoms with Gasteiger partial charge >= 0.3 is 0 Å². The summed E-state index contributed by atoms with van der Waals surface area (Å²) in [5, 5.41) is 6.67. The second kappa shape index (κ2) is 8.84. The Labute approximate surface area is 129 Å². The van der Waals surface area contributed by atoms with Crippen LogP contribution >= 0.6 is 24.0 Å². The maximum atomic E-state index is 11.6. The molecular weight excluding hydrogens is 299 g/mol. The maximum Gasteiger partial charge on any atom is 0.258 e. The highest BCUT2D eigenvalue weighted by atomic mass is 35.5. The summed E-state index contributed by atoms with van der Waals surface area (Å²) < 4.78 is 5.36. The molecule has 0 unspecified atom stereocenters. The summed E-state index contributed by atoms with van der Waals surface area (Å²) in [6, 6.07) is 7.01. The first-order valence-electron chi connectivity index (χ1n) is 6.28. The fraction of sp³-hybridized carbons (Fsp3) is 0.357. The molecule has 1 aliphatic heterocycles. The summed E-state index contributed by atoms with van der Waals surface area (Å²) >= 11 is 5.83. The van der Waals surface area contributed by atoms with Crippen LogP contribution in [0.4, 0.5) is 0 Å². The molecule has 2 rings (SSSR count). The van der Waals surface area contributed by atoms with Gasteiger partial charge in [-0.2, -0.15) is 0 Å². The van der Waals surface area contributed by atoms with Crippen molar-refractivity contribution in [3.05, 3.63) is 40.9 Å². The van der Waals surface area contributed by atoms with Crippen molar-refractivity contribution in [2.45, 2.75) is 6.42 Å². The van der Waals surface area contributed by atoms with E-state index < -0.39 is 0 Å². The van der Waals surface area contributed by atoms with Crippen LogP contribution in [-0.2, 0) is 4.79 Å². The molecule has 0 spiro atoms. The highest BCUT2D eigenvalue weighted by Crippen LogP contribution is 2.16. The number of benzene rings is 1. The number of ether oxygens (including phenoxy) is 1. The molecule has 0 bridgehead atoms. The molecule has 6 heteroatoms. The van der Waals surface area contributed by atoms with Gasteiger partial charge in [-0.1, -0.05) is 29.3 Å². The van der Waals surface area contributed by atoms with E-state index in [9.17, 15) is 4.79 Å². The molecule has 0 atom stereocenters. The quantitative estimate of drug-likeness (QED) is 0.819. The smallest absolute Gasteiger partial charge is 0.258 e. The van der Waals surface area contributed by atoms with E-state index in [4.69, 9.17) is 16.3 Å². The van der Waals surface area contributed by atoms with Crippen LogP contribution < -0.4 is 15.4 Å². The fourth-order valence-electron chi connectivity index (χ4n) is 1.80. The predicted octanol–water partition coefficient (Wildman–Crippen LogP) is 2.18. The third-order valence-electron chi connectivity index (χ3n) is 2.84. The largest absolute Gasteiger partial charge is 0.484 e. The lowest BCUT2D eigenvalue weighted by Gasteiger charge is -2.14. The minimum absolute atomic E-state index is 0. The molecule has 1 aliphatic rings. The van der Waals surface area contributed by atoms with Gasteiger partial charge in [-0.15, -0.1) is 12.4 Å². The molecule has 0 fully saturated rings. The Bertz CT molecular complexity index is 478. The Morgan fingerprint density at radius 1 is 1.45 bits per heavy atom. The normalized spacial score (nSPS) is 13.9. The number of carbonyl (C=O) groups excluding carboxylic acids is 1. The van der Waals surface area contributed by atoms with Crippen LogP contribution in [0.15, 0.2) is 35.9 Å². The molecule has 0 saturated carbocycles. The van der Waals surface area contributed by atoms with Gasteiger partial charge in [-0.25, -0.2) is 0 Å². The van der Waals surface area contributed by atoms with E-state index in [1.807, 2.05) is 0 Å². The predicted molar refractivity (Wildman–Crippen MR) is 82.8 cm³/mol. The molecule has 0 radical (unpaired) electrons. The molecule has 1 aromatic rings. The molecule has 0 saturated heterocycles. The van der Waals surface area contributed by atoms with E-state index in [0.717, 1.165) is 19.5 Å². The first kappa shape index (κ1) is 16.8. The first-order valence-corrected chi connectivity index (χ1v) is 6.65. The molecule has 2 N–H and O–H groups in total. The van der Waals surface area contributed by atoms with Gasteiger partial charge in [0.15, 0.2) is 6.61 Å². The van der Waals surface area contributed by atoms with Gasteiger partial charge in [0.1, 0.15) is 5.75 Å². The zero-order chi connectivity index (χ0) is 13.5. The van der Waals surface area contributed by atoms with Crippen molar-refractivity contribution in [3.63, 3.8) is 0 Å². The number of rotatable bonds is 5. The Morgan fingerprint density at radius 3 is 3.00 bits per heavy atom. The van der Waals surface area contributed by atoms with Crippen LogP contribution in [0, 0.1) is 0 Å². The van der Waals surface area contributed by atoms with Crippen LogP contribution in [-0.4, -0.2) is 32.1 Å². The van der Waals surface area contributed by atoms with Crippen LogP contribution in [0.3, 0.4) is 0 Å². The lowest BCUT2D eigenvalue weighted by Crippen LogP contribution is -2.32. The van der Waals surface area contributed by atoms with E-state index in [1.54, 1.807) is 24.3 Å². The number of hydrogen-bond donors (Lipinski definition) is 2. The monoisotopic (exact) mass is 316 g/mol. The van der Waals surface area contributed by atoms with Crippen LogP contribution in [0.5, 0.6) is 5.75 Å². The summed E-state index contributed by atoms with van der Waals surface area (Å²) in [6.07, 6.45) is 3.09. The third-order valence-corrected chi connectivity index (χ3v) is 3.07. The highest BCUT2D eigenvalue weighted by Gasteiger charge is 2.06. The van der Waals surface area contributed by atoms with E-state index in [0.29, 0.717) is 17.3 Å². The van der Waals surface area contributed by atoms with Gasteiger partial charge in [0, 0.05) is 18.1 Å². The Morgan fingerprint density at radius 2 is 2.30 bits per heavy atom. The molecule has 0 aromatic heterocycles. The molecule has 20 heavy (non-hydrogen) atoms. The van der Waals surface area contributed by atoms with Crippen molar-refractivity contribution in [3.8, 4) is 5.75 Å². The topological polar surface area (TPSA) is 50.4 Å². The second-order valence-electron chi connectivity index (χ2n) is 4.34. The van der Waals surface area contributed by atoms with Crippen molar-refractivity contribution in [2.24, 2.45) is 0 Å². The van der Waals surface area contributed by atoms with Crippen molar-refractivity contribution < 1.29 is 9.53 Å². The summed E-state index contributed by atoms with van der Waals surface area (Å²) in [7, 11) is 0. The van der Waals surface area contributed by atoms with Gasteiger partial charge in [0.25, 0.3) is 5.91 Å². The summed E-state index contributed by atoms with van der Waals surface area (Å²) in [5.41, 5.74) is 1.26. The second-order valence-corrected chi connectivity index (χ2v) is 4.78. The van der Waals surface area contributed by atoms with E-state index >= 15 is 0 Å². The molecule has 0 aliphatic carbocycles. The SMILES string of the molecule is Cl.O=C(COc1cccc(Cl)c1)NCC1=CCNCC1. The number of carbonyl (C=O) groups is 1. The summed E-state index contributed by atoms with van der Waals surface area (Å²) in [5.74, 6) is 0.475. The molecule has 1 heterocycles. The van der Waals surface area contributed by atoms with Crippen molar-refractivity contribution in [2.75, 3.05) is 26.2 Å². The average molecular weight is 317 g/mol. The molecular formula is C14H18Cl2N2O2. The molecule has 1 aromatic carbocycles. The van der Waals surface area contributed by atoms with E-state index in [2.05, 4.69) is 16.7 Å². The van der Waals surface area contributed by atoms with Gasteiger partial charge < -0.3 is 15.4 Å². The van der Waals surface area contributed by atoms with Crippen molar-refractivity contribution in [1.82, 2.24) is 10.6 Å². The summed E-state index contributed by atoms with van der Waals surface area (Å²) in [4.78, 5) is 11.6. The Hall–Kier alpha value is -1.23. The van der Waals surface area contributed by atoms with E-state index in [1.165, 1.54) is 5.57 Å². The Balaban J connectivity index is 0.00000200. The maximum absolute atomic E-state index is 11.6. The number of nitrogens with one attached hydrogen (secondary N) is 2. The first-order chi connectivity index (χ1) is 9.24. The Kier molecular flexibility index (Phi) is 7.44. The van der Waals surface area contributed by atoms with Crippen LogP contribution in [0.25, 0.3) is 0 Å². The van der Waals surface area contributed by atoms with Gasteiger partial charge in [0.05, 0.1) is 0 Å². The van der Waals surface area contributed by atoms with Gasteiger partial charge in [-0.3, -0.25) is 4.79 Å². The number of halogens is 2. The number of hydrogen-bond acceptors (Lipinski definition) is 3. The highest BCUT2D eigenvalue weighted by molar-refractivity contribution is 6.30. The average Bonchev–Trinajstić information content (AvgIpc) is 2.44. The van der Waals surface area contributed by atoms with Gasteiger partial charge in [-0.05, 0) is 31.2 Å². The fourth-order valence-corrected chi connectivity index (χ4v) is 1.98. The lowest BCUT2D eigenvalue weighted by molar-refractivity contribution is -0.122. The van der Waals surface area contributed by atoms with Crippen LogP contribution in [0.2, 0.25) is 5.02 Å². The third kappa shape index (κ3) is 5.82.